The van der Waals surface area contributed by atoms with Crippen molar-refractivity contribution in [3.8, 4) is 0 Å². The maximum Gasteiger partial charge on any atom is 0.151 e. The van der Waals surface area contributed by atoms with E-state index in [4.69, 9.17) is 16.7 Å². The standard InChI is InChI=1S/C15H16ClN3/c16-12-9-13(11-4-2-1-3-5-11)19-15(12)17-14(18-19)8-10-6-7-10/h1-5,10,12-13H,6-9H2/t12-,13-/m0/s1. The number of fused-ring (bicyclic) bond motifs is 1. The van der Waals surface area contributed by atoms with E-state index in [0.29, 0.717) is 0 Å². The minimum absolute atomic E-state index is 0.00865. The second kappa shape index (κ2) is 4.34. The minimum atomic E-state index is -0.00865. The summed E-state index contributed by atoms with van der Waals surface area (Å²) in [5.41, 5.74) is 1.27. The molecule has 0 bridgehead atoms. The van der Waals surface area contributed by atoms with Crippen LogP contribution in [0.15, 0.2) is 30.3 Å². The molecule has 1 aromatic heterocycles. The Balaban J connectivity index is 1.68. The summed E-state index contributed by atoms with van der Waals surface area (Å²) in [6, 6.07) is 10.7. The summed E-state index contributed by atoms with van der Waals surface area (Å²) in [6.07, 6.45) is 4.57. The second-order valence-electron chi connectivity index (χ2n) is 5.61. The quantitative estimate of drug-likeness (QED) is 0.802. The van der Waals surface area contributed by atoms with Gasteiger partial charge in [0.05, 0.1) is 11.4 Å². The van der Waals surface area contributed by atoms with Crippen LogP contribution in [0.4, 0.5) is 0 Å². The zero-order chi connectivity index (χ0) is 12.8. The summed E-state index contributed by atoms with van der Waals surface area (Å²) in [7, 11) is 0. The Morgan fingerprint density at radius 2 is 2.00 bits per heavy atom. The fraction of sp³-hybridized carbons (Fsp3) is 0.467. The van der Waals surface area contributed by atoms with E-state index in [2.05, 4.69) is 29.2 Å². The van der Waals surface area contributed by atoms with Crippen LogP contribution in [-0.4, -0.2) is 14.8 Å². The second-order valence-corrected chi connectivity index (χ2v) is 6.13. The topological polar surface area (TPSA) is 30.7 Å². The average molecular weight is 274 g/mol. The van der Waals surface area contributed by atoms with Crippen LogP contribution in [0.1, 0.15) is 47.9 Å². The molecule has 0 spiro atoms. The molecule has 2 atom stereocenters. The first-order valence-electron chi connectivity index (χ1n) is 6.95. The molecule has 3 nitrogen and oxygen atoms in total. The molecule has 0 N–H and O–H groups in total. The van der Waals surface area contributed by atoms with E-state index in [0.717, 1.165) is 30.4 Å². The highest BCUT2D eigenvalue weighted by molar-refractivity contribution is 6.20. The zero-order valence-corrected chi connectivity index (χ0v) is 11.4. The molecule has 1 saturated carbocycles. The van der Waals surface area contributed by atoms with Crippen LogP contribution in [0, 0.1) is 5.92 Å². The van der Waals surface area contributed by atoms with Crippen molar-refractivity contribution in [2.45, 2.75) is 37.1 Å². The van der Waals surface area contributed by atoms with Gasteiger partial charge in [0.15, 0.2) is 5.82 Å². The van der Waals surface area contributed by atoms with Gasteiger partial charge < -0.3 is 0 Å². The van der Waals surface area contributed by atoms with Crippen LogP contribution in [0.25, 0.3) is 0 Å². The van der Waals surface area contributed by atoms with Gasteiger partial charge in [-0.1, -0.05) is 30.3 Å². The normalized spacial score (nSPS) is 25.5. The van der Waals surface area contributed by atoms with Crippen LogP contribution < -0.4 is 0 Å². The summed E-state index contributed by atoms with van der Waals surface area (Å²) >= 11 is 6.43. The molecule has 1 aliphatic heterocycles. The first kappa shape index (κ1) is 11.5. The van der Waals surface area contributed by atoms with Crippen molar-refractivity contribution in [1.82, 2.24) is 14.8 Å². The van der Waals surface area contributed by atoms with Gasteiger partial charge in [0.2, 0.25) is 0 Å². The summed E-state index contributed by atoms with van der Waals surface area (Å²) in [6.45, 7) is 0. The van der Waals surface area contributed by atoms with Crippen LogP contribution in [-0.2, 0) is 6.42 Å². The Kier molecular flexibility index (Phi) is 2.62. The fourth-order valence-electron chi connectivity index (χ4n) is 2.84. The smallest absolute Gasteiger partial charge is 0.151 e. The van der Waals surface area contributed by atoms with Crippen molar-refractivity contribution < 1.29 is 0 Å². The van der Waals surface area contributed by atoms with Gasteiger partial charge in [-0.2, -0.15) is 5.10 Å². The lowest BCUT2D eigenvalue weighted by Gasteiger charge is -2.11. The number of halogens is 1. The van der Waals surface area contributed by atoms with E-state index in [1.807, 2.05) is 10.7 Å². The lowest BCUT2D eigenvalue weighted by molar-refractivity contribution is 0.543. The van der Waals surface area contributed by atoms with Crippen molar-refractivity contribution in [1.29, 1.82) is 0 Å². The number of rotatable bonds is 3. The van der Waals surface area contributed by atoms with Crippen molar-refractivity contribution in [2.24, 2.45) is 5.92 Å². The molecule has 1 fully saturated rings. The van der Waals surface area contributed by atoms with Gasteiger partial charge in [0, 0.05) is 6.42 Å². The van der Waals surface area contributed by atoms with E-state index in [1.54, 1.807) is 0 Å². The summed E-state index contributed by atoms with van der Waals surface area (Å²) in [5.74, 6) is 2.74. The maximum absolute atomic E-state index is 6.43. The highest BCUT2D eigenvalue weighted by atomic mass is 35.5. The van der Waals surface area contributed by atoms with Gasteiger partial charge in [0.1, 0.15) is 5.82 Å². The Morgan fingerprint density at radius 3 is 2.74 bits per heavy atom. The van der Waals surface area contributed by atoms with Crippen molar-refractivity contribution in [3.63, 3.8) is 0 Å². The molecule has 2 heterocycles. The monoisotopic (exact) mass is 273 g/mol. The van der Waals surface area contributed by atoms with Gasteiger partial charge in [-0.3, -0.25) is 0 Å². The molecule has 0 radical (unpaired) electrons. The highest BCUT2D eigenvalue weighted by Gasteiger charge is 2.34. The molecule has 2 aliphatic rings. The molecule has 0 unspecified atom stereocenters. The van der Waals surface area contributed by atoms with Crippen molar-refractivity contribution in [3.05, 3.63) is 47.5 Å². The van der Waals surface area contributed by atoms with Gasteiger partial charge >= 0.3 is 0 Å². The minimum Gasteiger partial charge on any atom is -0.241 e. The lowest BCUT2D eigenvalue weighted by atomic mass is 10.1. The van der Waals surface area contributed by atoms with Crippen molar-refractivity contribution >= 4 is 11.6 Å². The molecule has 4 rings (SSSR count). The predicted molar refractivity (Wildman–Crippen MR) is 74.2 cm³/mol. The van der Waals surface area contributed by atoms with Crippen LogP contribution >= 0.6 is 11.6 Å². The largest absolute Gasteiger partial charge is 0.241 e. The first-order valence-corrected chi connectivity index (χ1v) is 7.39. The Labute approximate surface area is 117 Å². The molecule has 0 amide bonds. The van der Waals surface area contributed by atoms with E-state index >= 15 is 0 Å². The number of benzene rings is 1. The van der Waals surface area contributed by atoms with E-state index < -0.39 is 0 Å². The van der Waals surface area contributed by atoms with Gasteiger partial charge in [-0.05, 0) is 30.7 Å². The van der Waals surface area contributed by atoms with Crippen LogP contribution in [0.2, 0.25) is 0 Å². The summed E-state index contributed by atoms with van der Waals surface area (Å²) in [5, 5.41) is 4.69. The third-order valence-electron chi connectivity index (χ3n) is 4.06. The number of hydrogen-bond acceptors (Lipinski definition) is 2. The molecule has 1 aromatic carbocycles. The summed E-state index contributed by atoms with van der Waals surface area (Å²) < 4.78 is 2.05. The maximum atomic E-state index is 6.43. The van der Waals surface area contributed by atoms with Gasteiger partial charge in [0.25, 0.3) is 0 Å². The average Bonchev–Trinajstić information content (AvgIpc) is 3.05. The SMILES string of the molecule is Cl[C@H]1C[C@@H](c2ccccc2)n2nc(CC3CC3)nc21. The van der Waals surface area contributed by atoms with E-state index in [-0.39, 0.29) is 11.4 Å². The Morgan fingerprint density at radius 1 is 1.21 bits per heavy atom. The molecule has 1 aliphatic carbocycles. The molecule has 2 aromatic rings. The van der Waals surface area contributed by atoms with Crippen LogP contribution in [0.3, 0.4) is 0 Å². The zero-order valence-electron chi connectivity index (χ0n) is 10.7. The molecule has 19 heavy (non-hydrogen) atoms. The molecule has 0 saturated heterocycles. The van der Waals surface area contributed by atoms with Crippen molar-refractivity contribution in [2.75, 3.05) is 0 Å². The first-order chi connectivity index (χ1) is 9.31. The van der Waals surface area contributed by atoms with Gasteiger partial charge in [-0.15, -0.1) is 11.6 Å². The predicted octanol–water partition coefficient (Wildman–Crippen LogP) is 3.50. The Bertz CT molecular complexity index is 589. The third kappa shape index (κ3) is 2.06. The molecule has 4 heteroatoms. The number of nitrogens with zero attached hydrogens (tertiary/aromatic N) is 3. The number of aromatic nitrogens is 3. The van der Waals surface area contributed by atoms with Gasteiger partial charge in [-0.25, -0.2) is 9.67 Å². The fourth-order valence-corrected chi connectivity index (χ4v) is 3.16. The lowest BCUT2D eigenvalue weighted by Crippen LogP contribution is -2.08. The van der Waals surface area contributed by atoms with Crippen LogP contribution in [0.5, 0.6) is 0 Å². The van der Waals surface area contributed by atoms with E-state index in [9.17, 15) is 0 Å². The number of alkyl halides is 1. The Hall–Kier alpha value is -1.35. The molecular weight excluding hydrogens is 258 g/mol. The third-order valence-corrected chi connectivity index (χ3v) is 4.43. The molecular formula is C15H16ClN3. The molecule has 98 valence electrons. The van der Waals surface area contributed by atoms with E-state index in [1.165, 1.54) is 18.4 Å². The highest BCUT2D eigenvalue weighted by Crippen LogP contribution is 2.41. The number of hydrogen-bond donors (Lipinski definition) is 0. The summed E-state index contributed by atoms with van der Waals surface area (Å²) in [4.78, 5) is 4.65.